The maximum absolute atomic E-state index is 12.8. The molecule has 1 aliphatic rings. The number of rotatable bonds is 4. The van der Waals surface area contributed by atoms with Crippen LogP contribution < -0.4 is 9.64 Å². The van der Waals surface area contributed by atoms with Gasteiger partial charge in [0, 0.05) is 13.1 Å². The molecule has 126 valence electrons. The van der Waals surface area contributed by atoms with E-state index in [4.69, 9.17) is 4.74 Å². The molecule has 1 atom stereocenters. The summed E-state index contributed by atoms with van der Waals surface area (Å²) in [5.41, 5.74) is 0.763. The van der Waals surface area contributed by atoms with Crippen LogP contribution in [-0.2, 0) is 4.79 Å². The van der Waals surface area contributed by atoms with Gasteiger partial charge in [0.15, 0.2) is 0 Å². The molecule has 1 fully saturated rings. The first-order chi connectivity index (χ1) is 11.6. The second-order valence-electron chi connectivity index (χ2n) is 5.54. The first-order valence-electron chi connectivity index (χ1n) is 8.01. The van der Waals surface area contributed by atoms with E-state index >= 15 is 0 Å². The van der Waals surface area contributed by atoms with Crippen LogP contribution in [0.15, 0.2) is 41.8 Å². The van der Waals surface area contributed by atoms with Crippen molar-refractivity contribution < 1.29 is 14.3 Å². The quantitative estimate of drug-likeness (QED) is 0.857. The van der Waals surface area contributed by atoms with Crippen LogP contribution in [0.25, 0.3) is 0 Å². The van der Waals surface area contributed by atoms with E-state index in [0.29, 0.717) is 30.3 Å². The van der Waals surface area contributed by atoms with Crippen LogP contribution in [0.2, 0.25) is 0 Å². The molecule has 5 nitrogen and oxygen atoms in total. The zero-order valence-electron chi connectivity index (χ0n) is 13.8. The van der Waals surface area contributed by atoms with Crippen LogP contribution in [0, 0.1) is 0 Å². The van der Waals surface area contributed by atoms with Crippen LogP contribution in [0.1, 0.15) is 23.5 Å². The molecule has 1 aromatic heterocycles. The molecule has 2 aromatic rings. The number of carbonyl (C=O) groups excluding carboxylic acids is 2. The Balaban J connectivity index is 1.82. The monoisotopic (exact) mass is 344 g/mol. The highest BCUT2D eigenvalue weighted by Gasteiger charge is 2.36. The SMILES string of the molecule is CCOc1ccccc1N1CCN(C(=O)c2cccs2)C(C)C1=O. The van der Waals surface area contributed by atoms with Gasteiger partial charge in [0.2, 0.25) is 5.91 Å². The number of amides is 2. The normalized spacial score (nSPS) is 17.9. The predicted molar refractivity (Wildman–Crippen MR) is 94.8 cm³/mol. The Morgan fingerprint density at radius 2 is 2.04 bits per heavy atom. The zero-order chi connectivity index (χ0) is 17.1. The molecule has 3 rings (SSSR count). The lowest BCUT2D eigenvalue weighted by Gasteiger charge is -2.39. The Morgan fingerprint density at radius 3 is 2.75 bits per heavy atom. The Hall–Kier alpha value is -2.34. The molecule has 0 spiro atoms. The van der Waals surface area contributed by atoms with E-state index in [9.17, 15) is 9.59 Å². The molecule has 2 heterocycles. The van der Waals surface area contributed by atoms with E-state index in [1.54, 1.807) is 22.8 Å². The van der Waals surface area contributed by atoms with Crippen LogP contribution in [0.4, 0.5) is 5.69 Å². The van der Waals surface area contributed by atoms with Gasteiger partial charge in [0.25, 0.3) is 5.91 Å². The minimum Gasteiger partial charge on any atom is -0.492 e. The van der Waals surface area contributed by atoms with Crippen molar-refractivity contribution in [3.63, 3.8) is 0 Å². The highest BCUT2D eigenvalue weighted by molar-refractivity contribution is 7.12. The molecule has 6 heteroatoms. The van der Waals surface area contributed by atoms with Crippen molar-refractivity contribution in [3.8, 4) is 5.75 Å². The van der Waals surface area contributed by atoms with Crippen molar-refractivity contribution in [1.29, 1.82) is 0 Å². The number of thiophene rings is 1. The van der Waals surface area contributed by atoms with Gasteiger partial charge in [-0.25, -0.2) is 0 Å². The first-order valence-corrected chi connectivity index (χ1v) is 8.89. The van der Waals surface area contributed by atoms with Crippen molar-refractivity contribution in [1.82, 2.24) is 4.90 Å². The van der Waals surface area contributed by atoms with Gasteiger partial charge in [0.1, 0.15) is 11.8 Å². The number of para-hydroxylation sites is 2. The molecular weight excluding hydrogens is 324 g/mol. The number of nitrogens with zero attached hydrogens (tertiary/aromatic N) is 2. The highest BCUT2D eigenvalue weighted by atomic mass is 32.1. The number of carbonyl (C=O) groups is 2. The van der Waals surface area contributed by atoms with Gasteiger partial charge >= 0.3 is 0 Å². The summed E-state index contributed by atoms with van der Waals surface area (Å²) in [5, 5.41) is 1.87. The molecule has 0 saturated carbocycles. The second kappa shape index (κ2) is 7.05. The van der Waals surface area contributed by atoms with Crippen molar-refractivity contribution >= 4 is 28.8 Å². The topological polar surface area (TPSA) is 49.9 Å². The van der Waals surface area contributed by atoms with Crippen molar-refractivity contribution in [3.05, 3.63) is 46.7 Å². The van der Waals surface area contributed by atoms with Crippen molar-refractivity contribution in [2.75, 3.05) is 24.6 Å². The second-order valence-corrected chi connectivity index (χ2v) is 6.49. The summed E-state index contributed by atoms with van der Waals surface area (Å²) in [4.78, 5) is 29.4. The van der Waals surface area contributed by atoms with E-state index in [2.05, 4.69) is 0 Å². The summed E-state index contributed by atoms with van der Waals surface area (Å²) in [6.07, 6.45) is 0. The molecule has 24 heavy (non-hydrogen) atoms. The van der Waals surface area contributed by atoms with Gasteiger partial charge in [-0.3, -0.25) is 9.59 Å². The fourth-order valence-corrected chi connectivity index (χ4v) is 3.57. The summed E-state index contributed by atoms with van der Waals surface area (Å²) in [6.45, 7) is 5.20. The highest BCUT2D eigenvalue weighted by Crippen LogP contribution is 2.31. The largest absolute Gasteiger partial charge is 0.492 e. The third-order valence-electron chi connectivity index (χ3n) is 4.10. The molecule has 0 bridgehead atoms. The molecule has 2 amide bonds. The summed E-state index contributed by atoms with van der Waals surface area (Å²) < 4.78 is 5.63. The van der Waals surface area contributed by atoms with E-state index in [1.165, 1.54) is 11.3 Å². The standard InChI is InChI=1S/C18H20N2O3S/c1-3-23-15-8-5-4-7-14(15)20-11-10-19(13(2)17(20)21)18(22)16-9-6-12-24-16/h4-9,12-13H,3,10-11H2,1-2H3. The zero-order valence-corrected chi connectivity index (χ0v) is 14.6. The first kappa shape index (κ1) is 16.5. The van der Waals surface area contributed by atoms with Crippen molar-refractivity contribution in [2.45, 2.75) is 19.9 Å². The fourth-order valence-electron chi connectivity index (χ4n) is 2.89. The van der Waals surface area contributed by atoms with Crippen LogP contribution in [0.5, 0.6) is 5.75 Å². The number of ether oxygens (including phenoxy) is 1. The lowest BCUT2D eigenvalue weighted by molar-refractivity contribution is -0.124. The molecule has 1 unspecified atom stereocenters. The van der Waals surface area contributed by atoms with E-state index < -0.39 is 6.04 Å². The lowest BCUT2D eigenvalue weighted by Crippen LogP contribution is -2.57. The third kappa shape index (κ3) is 3.01. The number of hydrogen-bond donors (Lipinski definition) is 0. The number of hydrogen-bond acceptors (Lipinski definition) is 4. The Labute approximate surface area is 145 Å². The minimum absolute atomic E-state index is 0.0800. The molecule has 1 aromatic carbocycles. The molecule has 0 aliphatic carbocycles. The summed E-state index contributed by atoms with van der Waals surface area (Å²) >= 11 is 1.40. The maximum atomic E-state index is 12.8. The molecular formula is C18H20N2O3S. The van der Waals surface area contributed by atoms with Crippen LogP contribution in [-0.4, -0.2) is 42.5 Å². The predicted octanol–water partition coefficient (Wildman–Crippen LogP) is 3.02. The molecule has 0 radical (unpaired) electrons. The third-order valence-corrected chi connectivity index (χ3v) is 4.96. The maximum Gasteiger partial charge on any atom is 0.264 e. The van der Waals surface area contributed by atoms with Gasteiger partial charge in [-0.1, -0.05) is 18.2 Å². The van der Waals surface area contributed by atoms with Gasteiger partial charge in [0.05, 0.1) is 17.2 Å². The Kier molecular flexibility index (Phi) is 4.85. The molecule has 1 aliphatic heterocycles. The minimum atomic E-state index is -0.497. The molecule has 0 N–H and O–H groups in total. The summed E-state index contributed by atoms with van der Waals surface area (Å²) in [6, 6.07) is 10.7. The van der Waals surface area contributed by atoms with Gasteiger partial charge in [-0.2, -0.15) is 0 Å². The van der Waals surface area contributed by atoms with Crippen LogP contribution >= 0.6 is 11.3 Å². The van der Waals surface area contributed by atoms with Gasteiger partial charge in [-0.15, -0.1) is 11.3 Å². The lowest BCUT2D eigenvalue weighted by atomic mass is 10.1. The number of anilines is 1. The Morgan fingerprint density at radius 1 is 1.25 bits per heavy atom. The van der Waals surface area contributed by atoms with Gasteiger partial charge in [-0.05, 0) is 37.4 Å². The Bertz CT molecular complexity index is 730. The summed E-state index contributed by atoms with van der Waals surface area (Å²) in [7, 11) is 0. The van der Waals surface area contributed by atoms with Gasteiger partial charge < -0.3 is 14.5 Å². The molecule has 1 saturated heterocycles. The fraction of sp³-hybridized carbons (Fsp3) is 0.333. The smallest absolute Gasteiger partial charge is 0.264 e. The van der Waals surface area contributed by atoms with E-state index in [-0.39, 0.29) is 11.8 Å². The van der Waals surface area contributed by atoms with Crippen LogP contribution in [0.3, 0.4) is 0 Å². The van der Waals surface area contributed by atoms with E-state index in [0.717, 1.165) is 5.69 Å². The van der Waals surface area contributed by atoms with E-state index in [1.807, 2.05) is 42.6 Å². The summed E-state index contributed by atoms with van der Waals surface area (Å²) in [5.74, 6) is 0.528. The average Bonchev–Trinajstić information content (AvgIpc) is 3.12. The number of benzene rings is 1. The van der Waals surface area contributed by atoms with Crippen molar-refractivity contribution in [2.24, 2.45) is 0 Å². The number of piperazine rings is 1. The average molecular weight is 344 g/mol.